The molecule has 1 heterocycles. The maximum atomic E-state index is 11.6. The monoisotopic (exact) mass is 230 g/mol. The molecule has 0 bridgehead atoms. The first-order valence-electron chi connectivity index (χ1n) is 6.10. The molecule has 0 N–H and O–H groups in total. The molecule has 0 amide bonds. The Hall–Kier alpha value is -1.57. The van der Waals surface area contributed by atoms with Crippen LogP contribution in [-0.2, 0) is 16.0 Å². The Balaban J connectivity index is 2.00. The predicted molar refractivity (Wildman–Crippen MR) is 67.6 cm³/mol. The largest absolute Gasteiger partial charge is 0.458 e. The Labute approximate surface area is 102 Å². The summed E-state index contributed by atoms with van der Waals surface area (Å²) in [5.41, 5.74) is 2.05. The van der Waals surface area contributed by atoms with Crippen molar-refractivity contribution in [3.05, 3.63) is 47.5 Å². The van der Waals surface area contributed by atoms with Crippen molar-refractivity contribution in [1.82, 2.24) is 0 Å². The molecule has 1 aromatic carbocycles. The van der Waals surface area contributed by atoms with E-state index in [0.717, 1.165) is 18.4 Å². The van der Waals surface area contributed by atoms with E-state index >= 15 is 0 Å². The SMILES string of the molecule is CC(C)/C=C1/CC(Cc2ccccc2)OC1=O. The third-order valence-corrected chi connectivity index (χ3v) is 2.82. The van der Waals surface area contributed by atoms with Crippen LogP contribution in [0.5, 0.6) is 0 Å². The van der Waals surface area contributed by atoms with Gasteiger partial charge in [0, 0.05) is 18.4 Å². The number of carbonyl (C=O) groups excluding carboxylic acids is 1. The van der Waals surface area contributed by atoms with Crippen LogP contribution in [0.1, 0.15) is 25.8 Å². The molecule has 1 aliphatic rings. The van der Waals surface area contributed by atoms with E-state index in [-0.39, 0.29) is 12.1 Å². The van der Waals surface area contributed by atoms with Gasteiger partial charge in [0.05, 0.1) is 0 Å². The molecule has 1 aromatic rings. The van der Waals surface area contributed by atoms with Crippen LogP contribution >= 0.6 is 0 Å². The molecule has 1 fully saturated rings. The van der Waals surface area contributed by atoms with Crippen molar-refractivity contribution < 1.29 is 9.53 Å². The molecule has 0 aromatic heterocycles. The number of hydrogen-bond donors (Lipinski definition) is 0. The zero-order valence-electron chi connectivity index (χ0n) is 10.3. The fourth-order valence-electron chi connectivity index (χ4n) is 2.13. The molecule has 2 rings (SSSR count). The minimum Gasteiger partial charge on any atom is -0.458 e. The molecule has 0 aliphatic carbocycles. The number of ether oxygens (including phenoxy) is 1. The smallest absolute Gasteiger partial charge is 0.334 e. The van der Waals surface area contributed by atoms with E-state index < -0.39 is 0 Å². The Morgan fingerprint density at radius 2 is 2.06 bits per heavy atom. The van der Waals surface area contributed by atoms with Gasteiger partial charge in [0.15, 0.2) is 0 Å². The van der Waals surface area contributed by atoms with E-state index in [1.807, 2.05) is 24.3 Å². The van der Waals surface area contributed by atoms with Crippen LogP contribution in [0.3, 0.4) is 0 Å². The van der Waals surface area contributed by atoms with Gasteiger partial charge in [0.25, 0.3) is 0 Å². The van der Waals surface area contributed by atoms with Gasteiger partial charge in [0.2, 0.25) is 0 Å². The first-order chi connectivity index (χ1) is 8.15. The molecule has 90 valence electrons. The third-order valence-electron chi connectivity index (χ3n) is 2.82. The van der Waals surface area contributed by atoms with Gasteiger partial charge in [-0.25, -0.2) is 4.79 Å². The van der Waals surface area contributed by atoms with Gasteiger partial charge in [-0.1, -0.05) is 50.3 Å². The highest BCUT2D eigenvalue weighted by Crippen LogP contribution is 2.24. The van der Waals surface area contributed by atoms with Gasteiger partial charge in [0.1, 0.15) is 6.10 Å². The summed E-state index contributed by atoms with van der Waals surface area (Å²) in [6, 6.07) is 10.2. The Morgan fingerprint density at radius 1 is 1.35 bits per heavy atom. The summed E-state index contributed by atoms with van der Waals surface area (Å²) in [6.45, 7) is 4.15. The second-order valence-electron chi connectivity index (χ2n) is 4.86. The molecular weight excluding hydrogens is 212 g/mol. The first kappa shape index (κ1) is 11.9. The van der Waals surface area contributed by atoms with Gasteiger partial charge in [-0.15, -0.1) is 0 Å². The Bertz CT molecular complexity index is 418. The molecule has 1 saturated heterocycles. The Morgan fingerprint density at radius 3 is 2.71 bits per heavy atom. The predicted octanol–water partition coefficient (Wildman–Crippen LogP) is 3.13. The molecule has 0 radical (unpaired) electrons. The lowest BCUT2D eigenvalue weighted by Gasteiger charge is -2.07. The maximum absolute atomic E-state index is 11.6. The van der Waals surface area contributed by atoms with E-state index in [0.29, 0.717) is 5.92 Å². The molecule has 2 nitrogen and oxygen atoms in total. The number of rotatable bonds is 3. The number of allylic oxidation sites excluding steroid dienone is 1. The fourth-order valence-corrected chi connectivity index (χ4v) is 2.13. The fraction of sp³-hybridized carbons (Fsp3) is 0.400. The molecular formula is C15H18O2. The molecule has 2 heteroatoms. The first-order valence-corrected chi connectivity index (χ1v) is 6.10. The highest BCUT2D eigenvalue weighted by atomic mass is 16.5. The van der Waals surface area contributed by atoms with Crippen molar-refractivity contribution in [1.29, 1.82) is 0 Å². The summed E-state index contributed by atoms with van der Waals surface area (Å²) in [7, 11) is 0. The summed E-state index contributed by atoms with van der Waals surface area (Å²) in [4.78, 5) is 11.6. The number of benzene rings is 1. The summed E-state index contributed by atoms with van der Waals surface area (Å²) in [5, 5.41) is 0. The normalized spacial score (nSPS) is 22.2. The number of esters is 1. The second kappa shape index (κ2) is 5.17. The van der Waals surface area contributed by atoms with Gasteiger partial charge in [-0.05, 0) is 11.5 Å². The zero-order valence-corrected chi connectivity index (χ0v) is 10.3. The standard InChI is InChI=1S/C15H18O2/c1-11(2)8-13-10-14(17-15(13)16)9-12-6-4-3-5-7-12/h3-8,11,14H,9-10H2,1-2H3/b13-8-. The van der Waals surface area contributed by atoms with E-state index in [1.54, 1.807) is 0 Å². The highest BCUT2D eigenvalue weighted by molar-refractivity contribution is 5.90. The lowest BCUT2D eigenvalue weighted by Crippen LogP contribution is -2.09. The van der Waals surface area contributed by atoms with Crippen LogP contribution in [0.15, 0.2) is 42.0 Å². The van der Waals surface area contributed by atoms with Crippen molar-refractivity contribution in [3.63, 3.8) is 0 Å². The minimum absolute atomic E-state index is 0.00917. The molecule has 0 spiro atoms. The van der Waals surface area contributed by atoms with Gasteiger partial charge in [-0.3, -0.25) is 0 Å². The van der Waals surface area contributed by atoms with Crippen molar-refractivity contribution in [2.24, 2.45) is 5.92 Å². The van der Waals surface area contributed by atoms with Crippen molar-refractivity contribution in [2.75, 3.05) is 0 Å². The van der Waals surface area contributed by atoms with Crippen molar-refractivity contribution in [2.45, 2.75) is 32.8 Å². The summed E-state index contributed by atoms with van der Waals surface area (Å²) < 4.78 is 5.37. The second-order valence-corrected chi connectivity index (χ2v) is 4.86. The van der Waals surface area contributed by atoms with Crippen LogP contribution in [0.2, 0.25) is 0 Å². The molecule has 1 atom stereocenters. The number of carbonyl (C=O) groups is 1. The summed E-state index contributed by atoms with van der Waals surface area (Å²) in [5.74, 6) is 0.257. The quantitative estimate of drug-likeness (QED) is 0.589. The lowest BCUT2D eigenvalue weighted by atomic mass is 10.0. The Kier molecular flexibility index (Phi) is 3.62. The molecule has 1 aliphatic heterocycles. The summed E-state index contributed by atoms with van der Waals surface area (Å²) in [6.07, 6.45) is 3.57. The average Bonchev–Trinajstić information content (AvgIpc) is 2.59. The molecule has 1 unspecified atom stereocenters. The maximum Gasteiger partial charge on any atom is 0.334 e. The zero-order chi connectivity index (χ0) is 12.3. The minimum atomic E-state index is -0.139. The summed E-state index contributed by atoms with van der Waals surface area (Å²) >= 11 is 0. The van der Waals surface area contributed by atoms with E-state index in [1.165, 1.54) is 5.56 Å². The third kappa shape index (κ3) is 3.19. The highest BCUT2D eigenvalue weighted by Gasteiger charge is 2.28. The van der Waals surface area contributed by atoms with Crippen molar-refractivity contribution >= 4 is 5.97 Å². The van der Waals surface area contributed by atoms with Crippen LogP contribution < -0.4 is 0 Å². The van der Waals surface area contributed by atoms with E-state index in [2.05, 4.69) is 26.0 Å². The van der Waals surface area contributed by atoms with Gasteiger partial charge in [-0.2, -0.15) is 0 Å². The lowest BCUT2D eigenvalue weighted by molar-refractivity contribution is -0.138. The topological polar surface area (TPSA) is 26.3 Å². The molecule has 0 saturated carbocycles. The average molecular weight is 230 g/mol. The van der Waals surface area contributed by atoms with E-state index in [9.17, 15) is 4.79 Å². The van der Waals surface area contributed by atoms with Crippen LogP contribution in [-0.4, -0.2) is 12.1 Å². The van der Waals surface area contributed by atoms with Crippen LogP contribution in [0.4, 0.5) is 0 Å². The van der Waals surface area contributed by atoms with E-state index in [4.69, 9.17) is 4.74 Å². The number of hydrogen-bond acceptors (Lipinski definition) is 2. The van der Waals surface area contributed by atoms with Gasteiger partial charge < -0.3 is 4.74 Å². The molecule has 17 heavy (non-hydrogen) atoms. The van der Waals surface area contributed by atoms with Crippen molar-refractivity contribution in [3.8, 4) is 0 Å². The van der Waals surface area contributed by atoms with Gasteiger partial charge >= 0.3 is 5.97 Å². The van der Waals surface area contributed by atoms with Crippen LogP contribution in [0.25, 0.3) is 0 Å². The number of cyclic esters (lactones) is 1. The van der Waals surface area contributed by atoms with Crippen LogP contribution in [0, 0.1) is 5.92 Å².